The van der Waals surface area contributed by atoms with Crippen LogP contribution in [0.25, 0.3) is 0 Å². The monoisotopic (exact) mass is 509 g/mol. The molecule has 1 saturated heterocycles. The van der Waals surface area contributed by atoms with E-state index in [0.717, 1.165) is 32.4 Å². The molecule has 182 valence electrons. The number of hydrogen-bond acceptors (Lipinski definition) is 5. The molecule has 8 heteroatoms. The van der Waals surface area contributed by atoms with Gasteiger partial charge in [-0.05, 0) is 66.5 Å². The summed E-state index contributed by atoms with van der Waals surface area (Å²) in [5.74, 6) is 0. The van der Waals surface area contributed by atoms with Gasteiger partial charge in [0, 0.05) is 31.8 Å². The van der Waals surface area contributed by atoms with Crippen LogP contribution in [0.15, 0.2) is 58.3 Å². The number of rotatable bonds is 5. The Morgan fingerprint density at radius 1 is 0.636 bits per heavy atom. The van der Waals surface area contributed by atoms with E-state index in [1.165, 1.54) is 0 Å². The molecule has 0 atom stereocenters. The third kappa shape index (κ3) is 5.07. The fraction of sp³-hybridized carbons (Fsp3) is 0.520. The lowest BCUT2D eigenvalue weighted by Crippen LogP contribution is -2.39. The molecule has 2 aromatic rings. The lowest BCUT2D eigenvalue weighted by Gasteiger charge is -2.37. The van der Waals surface area contributed by atoms with Crippen LogP contribution < -0.4 is 10.6 Å². The fourth-order valence-electron chi connectivity index (χ4n) is 3.89. The van der Waals surface area contributed by atoms with Gasteiger partial charge in [-0.3, -0.25) is 4.67 Å². The van der Waals surface area contributed by atoms with Gasteiger partial charge >= 0.3 is 0 Å². The summed E-state index contributed by atoms with van der Waals surface area (Å²) in [7, 11) is -8.63. The highest BCUT2D eigenvalue weighted by Crippen LogP contribution is 2.45. The van der Waals surface area contributed by atoms with E-state index in [1.807, 2.05) is 24.3 Å². The average molecular weight is 510 g/mol. The van der Waals surface area contributed by atoms with E-state index in [9.17, 15) is 16.8 Å². The van der Waals surface area contributed by atoms with Gasteiger partial charge in [-0.25, -0.2) is 16.8 Å². The molecule has 0 saturated carbocycles. The Hall–Kier alpha value is -1.27. The normalized spacial score (nSPS) is 16.8. The molecular formula is C25H36NO4PS2. The zero-order valence-corrected chi connectivity index (χ0v) is 23.0. The van der Waals surface area contributed by atoms with Crippen LogP contribution in [-0.2, 0) is 19.7 Å². The molecular weight excluding hydrogens is 473 g/mol. The van der Waals surface area contributed by atoms with Gasteiger partial charge in [-0.2, -0.15) is 0 Å². The van der Waals surface area contributed by atoms with Crippen molar-refractivity contribution in [3.63, 3.8) is 0 Å². The van der Waals surface area contributed by atoms with Crippen LogP contribution in [0.4, 0.5) is 0 Å². The summed E-state index contributed by atoms with van der Waals surface area (Å²) in [5.41, 5.74) is 0. The number of benzene rings is 2. The van der Waals surface area contributed by atoms with E-state index in [4.69, 9.17) is 0 Å². The minimum atomic E-state index is -3.64. The molecule has 0 radical (unpaired) electrons. The molecule has 1 aliphatic heterocycles. The summed E-state index contributed by atoms with van der Waals surface area (Å²) in [4.78, 5) is 0.606. The topological polar surface area (TPSA) is 71.5 Å². The second-order valence-corrected chi connectivity index (χ2v) is 18.0. The maximum absolute atomic E-state index is 13.6. The van der Waals surface area contributed by atoms with Crippen LogP contribution in [0.3, 0.4) is 0 Å². The summed E-state index contributed by atoms with van der Waals surface area (Å²) in [6, 6.07) is 14.3. The summed E-state index contributed by atoms with van der Waals surface area (Å²) in [6.45, 7) is 11.9. The summed E-state index contributed by atoms with van der Waals surface area (Å²) < 4.78 is 54.8. The van der Waals surface area contributed by atoms with Gasteiger partial charge in [0.15, 0.2) is 19.7 Å². The Balaban J connectivity index is 2.34. The first kappa shape index (κ1) is 26.3. The fourth-order valence-corrected chi connectivity index (χ4v) is 10.2. The van der Waals surface area contributed by atoms with E-state index >= 15 is 0 Å². The van der Waals surface area contributed by atoms with Crippen LogP contribution in [-0.4, -0.2) is 44.1 Å². The van der Waals surface area contributed by atoms with Crippen molar-refractivity contribution in [2.75, 3.05) is 13.1 Å². The van der Waals surface area contributed by atoms with E-state index in [-0.39, 0.29) is 0 Å². The van der Waals surface area contributed by atoms with E-state index in [2.05, 4.69) is 4.67 Å². The molecule has 0 bridgehead atoms. The van der Waals surface area contributed by atoms with Crippen molar-refractivity contribution in [1.82, 2.24) is 4.67 Å². The highest BCUT2D eigenvalue weighted by Gasteiger charge is 2.39. The molecule has 1 heterocycles. The van der Waals surface area contributed by atoms with Crippen molar-refractivity contribution in [2.45, 2.75) is 80.1 Å². The molecule has 33 heavy (non-hydrogen) atoms. The molecule has 0 aliphatic carbocycles. The molecule has 2 aromatic carbocycles. The van der Waals surface area contributed by atoms with Gasteiger partial charge in [-0.15, -0.1) is 0 Å². The van der Waals surface area contributed by atoms with E-state index in [1.54, 1.807) is 65.8 Å². The van der Waals surface area contributed by atoms with Crippen LogP contribution >= 0.6 is 8.07 Å². The number of piperidine rings is 1. The highest BCUT2D eigenvalue weighted by atomic mass is 32.2. The second kappa shape index (κ2) is 9.41. The van der Waals surface area contributed by atoms with E-state index in [0.29, 0.717) is 20.4 Å². The Bertz CT molecular complexity index is 1120. The maximum Gasteiger partial charge on any atom is 0.183 e. The van der Waals surface area contributed by atoms with Gasteiger partial charge < -0.3 is 0 Å². The molecule has 3 rings (SSSR count). The zero-order valence-electron chi connectivity index (χ0n) is 20.5. The quantitative estimate of drug-likeness (QED) is 0.548. The first-order valence-electron chi connectivity index (χ1n) is 11.4. The van der Waals surface area contributed by atoms with Gasteiger partial charge in [0.05, 0.1) is 19.3 Å². The van der Waals surface area contributed by atoms with Crippen molar-refractivity contribution in [1.29, 1.82) is 0 Å². The summed E-state index contributed by atoms with van der Waals surface area (Å²) >= 11 is 0. The molecule has 0 unspecified atom stereocenters. The van der Waals surface area contributed by atoms with Gasteiger partial charge in [0.2, 0.25) is 0 Å². The largest absolute Gasteiger partial charge is 0.275 e. The molecule has 1 aliphatic rings. The minimum absolute atomic E-state index is 0.303. The number of sulfone groups is 2. The van der Waals surface area contributed by atoms with Crippen molar-refractivity contribution < 1.29 is 16.8 Å². The Labute approximate surface area is 201 Å². The van der Waals surface area contributed by atoms with Gasteiger partial charge in [0.25, 0.3) is 0 Å². The molecule has 0 N–H and O–H groups in total. The predicted octanol–water partition coefficient (Wildman–Crippen LogP) is 4.66. The first-order chi connectivity index (χ1) is 15.2. The summed E-state index contributed by atoms with van der Waals surface area (Å²) in [6.07, 6.45) is 3.16. The van der Waals surface area contributed by atoms with Crippen molar-refractivity contribution >= 4 is 38.4 Å². The maximum atomic E-state index is 13.6. The van der Waals surface area contributed by atoms with Crippen LogP contribution in [0.5, 0.6) is 0 Å². The minimum Gasteiger partial charge on any atom is -0.275 e. The smallest absolute Gasteiger partial charge is 0.183 e. The standard InChI is InChI=1S/C25H36NO4PS2/c1-24(2,3)32(27,28)22-16-10-8-14-20(22)31(26-18-12-7-13-19-26)21-15-9-11-17-23(21)33(29,30)25(4,5)6/h8-11,14-17H,7,12-13,18-19H2,1-6H3. The lowest BCUT2D eigenvalue weighted by molar-refractivity contribution is 0.373. The number of nitrogens with zero attached hydrogens (tertiary/aromatic N) is 1. The lowest BCUT2D eigenvalue weighted by atomic mass is 10.2. The van der Waals surface area contributed by atoms with Crippen molar-refractivity contribution in [2.24, 2.45) is 0 Å². The Morgan fingerprint density at radius 3 is 1.36 bits per heavy atom. The number of hydrogen-bond donors (Lipinski definition) is 0. The SMILES string of the molecule is CC(C)(C)S(=O)(=O)c1ccccc1P(c1ccccc1S(=O)(=O)C(C)(C)C)N1CCCCC1. The highest BCUT2D eigenvalue weighted by molar-refractivity contribution is 7.94. The molecule has 0 spiro atoms. The van der Waals surface area contributed by atoms with Crippen LogP contribution in [0.1, 0.15) is 60.8 Å². The first-order valence-corrected chi connectivity index (χ1v) is 15.7. The molecule has 0 amide bonds. The van der Waals surface area contributed by atoms with Crippen molar-refractivity contribution in [3.05, 3.63) is 48.5 Å². The third-order valence-corrected chi connectivity index (χ3v) is 14.0. The van der Waals surface area contributed by atoms with Crippen LogP contribution in [0.2, 0.25) is 0 Å². The second-order valence-electron chi connectivity index (χ2n) is 10.5. The van der Waals surface area contributed by atoms with Gasteiger partial charge in [-0.1, -0.05) is 42.8 Å². The molecule has 1 fully saturated rings. The molecule has 5 nitrogen and oxygen atoms in total. The zero-order chi connectivity index (χ0) is 24.7. The third-order valence-electron chi connectivity index (χ3n) is 5.99. The summed E-state index contributed by atoms with van der Waals surface area (Å²) in [5, 5.41) is 1.42. The van der Waals surface area contributed by atoms with Gasteiger partial charge in [0.1, 0.15) is 0 Å². The Morgan fingerprint density at radius 2 is 1.00 bits per heavy atom. The van der Waals surface area contributed by atoms with E-state index < -0.39 is 37.2 Å². The van der Waals surface area contributed by atoms with Crippen molar-refractivity contribution in [3.8, 4) is 0 Å². The predicted molar refractivity (Wildman–Crippen MR) is 138 cm³/mol. The average Bonchev–Trinajstić information content (AvgIpc) is 2.74. The van der Waals surface area contributed by atoms with Crippen LogP contribution in [0, 0.1) is 0 Å². The molecule has 0 aromatic heterocycles. The Kier molecular flexibility index (Phi) is 7.51.